The minimum Gasteiger partial charge on any atom is -0.497 e. The first-order valence-corrected chi connectivity index (χ1v) is 9.80. The third kappa shape index (κ3) is 3.86. The van der Waals surface area contributed by atoms with Crippen molar-refractivity contribution in [2.75, 3.05) is 7.11 Å². The van der Waals surface area contributed by atoms with Crippen molar-refractivity contribution in [3.8, 4) is 5.75 Å². The SMILES string of the molecule is COc1ccc2c(Sc3ccccc3[N+](=O)[O-])cn(Cc3ccc(F)cc3F)c2c1. The lowest BCUT2D eigenvalue weighted by Crippen LogP contribution is -2.01. The molecule has 152 valence electrons. The Labute approximate surface area is 175 Å². The number of nitro benzene ring substituents is 1. The maximum absolute atomic E-state index is 14.2. The molecule has 3 aromatic carbocycles. The molecule has 0 aliphatic carbocycles. The number of hydrogen-bond acceptors (Lipinski definition) is 4. The Kier molecular flexibility index (Phi) is 5.41. The largest absolute Gasteiger partial charge is 0.497 e. The lowest BCUT2D eigenvalue weighted by Gasteiger charge is -2.08. The van der Waals surface area contributed by atoms with E-state index in [1.54, 1.807) is 31.4 Å². The van der Waals surface area contributed by atoms with Crippen molar-refractivity contribution in [2.24, 2.45) is 0 Å². The van der Waals surface area contributed by atoms with Crippen LogP contribution >= 0.6 is 11.8 Å². The first kappa shape index (κ1) is 19.9. The van der Waals surface area contributed by atoms with Gasteiger partial charge in [0.05, 0.1) is 29.0 Å². The van der Waals surface area contributed by atoms with Gasteiger partial charge in [0.2, 0.25) is 0 Å². The van der Waals surface area contributed by atoms with Crippen LogP contribution in [0.4, 0.5) is 14.5 Å². The van der Waals surface area contributed by atoms with Gasteiger partial charge in [-0.1, -0.05) is 30.0 Å². The molecule has 0 aliphatic heterocycles. The number of methoxy groups -OCH3 is 1. The van der Waals surface area contributed by atoms with E-state index in [2.05, 4.69) is 0 Å². The van der Waals surface area contributed by atoms with Crippen LogP contribution < -0.4 is 4.74 Å². The standard InChI is InChI=1S/C22H16F2N2O3S/c1-29-16-8-9-17-20(11-16)25(12-14-6-7-15(23)10-18(14)24)13-22(17)30-21-5-3-2-4-19(21)26(27)28/h2-11,13H,12H2,1H3. The summed E-state index contributed by atoms with van der Waals surface area (Å²) in [6.07, 6.45) is 1.81. The first-order chi connectivity index (χ1) is 14.5. The van der Waals surface area contributed by atoms with Gasteiger partial charge in [0, 0.05) is 40.2 Å². The number of fused-ring (bicyclic) bond motifs is 1. The number of nitrogens with zero attached hydrogens (tertiary/aromatic N) is 2. The van der Waals surface area contributed by atoms with E-state index in [0.29, 0.717) is 16.2 Å². The maximum Gasteiger partial charge on any atom is 0.283 e. The van der Waals surface area contributed by atoms with Crippen molar-refractivity contribution >= 4 is 28.4 Å². The Hall–Kier alpha value is -3.39. The van der Waals surface area contributed by atoms with Gasteiger partial charge in [0.15, 0.2) is 0 Å². The van der Waals surface area contributed by atoms with Gasteiger partial charge in [-0.3, -0.25) is 10.1 Å². The molecule has 0 spiro atoms. The molecule has 30 heavy (non-hydrogen) atoms. The molecule has 4 aromatic rings. The normalized spacial score (nSPS) is 11.0. The van der Waals surface area contributed by atoms with Gasteiger partial charge in [0.1, 0.15) is 17.4 Å². The lowest BCUT2D eigenvalue weighted by atomic mass is 10.2. The van der Waals surface area contributed by atoms with Gasteiger partial charge >= 0.3 is 0 Å². The Morgan fingerprint density at radius 2 is 1.87 bits per heavy atom. The first-order valence-electron chi connectivity index (χ1n) is 8.98. The molecule has 0 radical (unpaired) electrons. The van der Waals surface area contributed by atoms with Crippen LogP contribution in [0, 0.1) is 21.7 Å². The zero-order valence-electron chi connectivity index (χ0n) is 15.8. The molecule has 0 saturated carbocycles. The fraction of sp³-hybridized carbons (Fsp3) is 0.0909. The molecule has 0 fully saturated rings. The van der Waals surface area contributed by atoms with Crippen LogP contribution in [0.25, 0.3) is 10.9 Å². The van der Waals surface area contributed by atoms with Gasteiger partial charge in [-0.05, 0) is 24.3 Å². The number of rotatable bonds is 6. The number of para-hydroxylation sites is 1. The van der Waals surface area contributed by atoms with E-state index in [-0.39, 0.29) is 12.2 Å². The van der Waals surface area contributed by atoms with Crippen molar-refractivity contribution in [3.63, 3.8) is 0 Å². The zero-order chi connectivity index (χ0) is 21.3. The number of hydrogen-bond donors (Lipinski definition) is 0. The van der Waals surface area contributed by atoms with Crippen molar-refractivity contribution in [1.29, 1.82) is 0 Å². The van der Waals surface area contributed by atoms with Gasteiger partial charge in [-0.15, -0.1) is 0 Å². The highest BCUT2D eigenvalue weighted by Crippen LogP contribution is 2.40. The smallest absolute Gasteiger partial charge is 0.283 e. The van der Waals surface area contributed by atoms with E-state index in [1.807, 2.05) is 22.9 Å². The van der Waals surface area contributed by atoms with E-state index >= 15 is 0 Å². The van der Waals surface area contributed by atoms with E-state index in [9.17, 15) is 18.9 Å². The summed E-state index contributed by atoms with van der Waals surface area (Å²) in [5, 5.41) is 12.2. The molecular weight excluding hydrogens is 410 g/mol. The highest BCUT2D eigenvalue weighted by molar-refractivity contribution is 7.99. The van der Waals surface area contributed by atoms with Crippen LogP contribution in [-0.2, 0) is 6.54 Å². The minimum absolute atomic E-state index is 0.0153. The predicted molar refractivity (Wildman–Crippen MR) is 111 cm³/mol. The van der Waals surface area contributed by atoms with Gasteiger partial charge in [-0.2, -0.15) is 0 Å². The molecule has 8 heteroatoms. The molecule has 0 aliphatic rings. The molecule has 0 N–H and O–H groups in total. The van der Waals surface area contributed by atoms with Crippen LogP contribution in [0.5, 0.6) is 5.75 Å². The predicted octanol–water partition coefficient (Wildman–Crippen LogP) is 6.04. The average molecular weight is 426 g/mol. The molecule has 1 aromatic heterocycles. The molecule has 5 nitrogen and oxygen atoms in total. The maximum atomic E-state index is 14.2. The quantitative estimate of drug-likeness (QED) is 0.279. The van der Waals surface area contributed by atoms with E-state index < -0.39 is 16.6 Å². The van der Waals surface area contributed by atoms with Crippen molar-refractivity contribution in [1.82, 2.24) is 4.57 Å². The second kappa shape index (κ2) is 8.16. The average Bonchev–Trinajstić information content (AvgIpc) is 3.06. The lowest BCUT2D eigenvalue weighted by molar-refractivity contribution is -0.387. The number of nitro groups is 1. The van der Waals surface area contributed by atoms with E-state index in [4.69, 9.17) is 4.74 Å². The zero-order valence-corrected chi connectivity index (χ0v) is 16.7. The summed E-state index contributed by atoms with van der Waals surface area (Å²) in [5.41, 5.74) is 1.12. The van der Waals surface area contributed by atoms with Crippen molar-refractivity contribution < 1.29 is 18.4 Å². The molecule has 0 atom stereocenters. The number of aromatic nitrogens is 1. The summed E-state index contributed by atoms with van der Waals surface area (Å²) in [5.74, 6) is -0.640. The summed E-state index contributed by atoms with van der Waals surface area (Å²) >= 11 is 1.27. The highest BCUT2D eigenvalue weighted by atomic mass is 32.2. The third-order valence-electron chi connectivity index (χ3n) is 4.69. The van der Waals surface area contributed by atoms with Crippen LogP contribution in [0.1, 0.15) is 5.56 Å². The van der Waals surface area contributed by atoms with Crippen LogP contribution in [0.15, 0.2) is 76.7 Å². The van der Waals surface area contributed by atoms with Crippen molar-refractivity contribution in [2.45, 2.75) is 16.3 Å². The van der Waals surface area contributed by atoms with Crippen LogP contribution in [0.3, 0.4) is 0 Å². The summed E-state index contributed by atoms with van der Waals surface area (Å²) < 4.78 is 34.6. The molecular formula is C22H16F2N2O3S. The van der Waals surface area contributed by atoms with Crippen molar-refractivity contribution in [3.05, 3.63) is 94.2 Å². The Bertz CT molecular complexity index is 1260. The summed E-state index contributed by atoms with van der Waals surface area (Å²) in [6, 6.07) is 15.5. The summed E-state index contributed by atoms with van der Waals surface area (Å²) in [6.45, 7) is 0.174. The van der Waals surface area contributed by atoms with Gasteiger partial charge in [-0.25, -0.2) is 8.78 Å². The third-order valence-corrected chi connectivity index (χ3v) is 5.80. The second-order valence-corrected chi connectivity index (χ2v) is 7.65. The molecule has 0 amide bonds. The number of benzene rings is 3. The Morgan fingerprint density at radius 1 is 1.07 bits per heavy atom. The molecule has 0 unspecified atom stereocenters. The molecule has 4 rings (SSSR count). The Morgan fingerprint density at radius 3 is 2.60 bits per heavy atom. The Balaban J connectivity index is 1.80. The summed E-state index contributed by atoms with van der Waals surface area (Å²) in [4.78, 5) is 12.2. The second-order valence-electron chi connectivity index (χ2n) is 6.57. The van der Waals surface area contributed by atoms with Crippen LogP contribution in [-0.4, -0.2) is 16.6 Å². The molecule has 1 heterocycles. The fourth-order valence-electron chi connectivity index (χ4n) is 3.22. The van der Waals surface area contributed by atoms with Gasteiger partial charge in [0.25, 0.3) is 5.69 Å². The van der Waals surface area contributed by atoms with E-state index in [0.717, 1.165) is 21.9 Å². The van der Waals surface area contributed by atoms with Gasteiger partial charge < -0.3 is 9.30 Å². The van der Waals surface area contributed by atoms with Crippen LogP contribution in [0.2, 0.25) is 0 Å². The van der Waals surface area contributed by atoms with E-state index in [1.165, 1.54) is 30.0 Å². The summed E-state index contributed by atoms with van der Waals surface area (Å²) in [7, 11) is 1.55. The highest BCUT2D eigenvalue weighted by Gasteiger charge is 2.18. The number of halogens is 2. The topological polar surface area (TPSA) is 57.3 Å². The minimum atomic E-state index is -0.636. The monoisotopic (exact) mass is 426 g/mol. The number of ether oxygens (including phenoxy) is 1. The fourth-order valence-corrected chi connectivity index (χ4v) is 4.32. The molecule has 0 saturated heterocycles. The molecule has 0 bridgehead atoms.